The number of amides is 1. The minimum atomic E-state index is -0.593. The Bertz CT molecular complexity index is 522. The lowest BCUT2D eigenvalue weighted by molar-refractivity contribution is -0.00164. The van der Waals surface area contributed by atoms with E-state index in [1.807, 2.05) is 45.0 Å². The quantitative estimate of drug-likeness (QED) is 0.888. The Labute approximate surface area is 137 Å². The zero-order valence-corrected chi connectivity index (χ0v) is 14.3. The molecule has 1 aliphatic heterocycles. The largest absolute Gasteiger partial charge is 0.444 e. The van der Waals surface area contributed by atoms with Crippen LogP contribution < -0.4 is 0 Å². The van der Waals surface area contributed by atoms with E-state index in [-0.39, 0.29) is 18.2 Å². The Morgan fingerprint density at radius 1 is 1.32 bits per heavy atom. The molecule has 1 aromatic carbocycles. The molecule has 1 aliphatic rings. The molecule has 0 aliphatic carbocycles. The molecule has 1 N–H and O–H groups in total. The van der Waals surface area contributed by atoms with Gasteiger partial charge in [-0.15, -0.1) is 0 Å². The Balaban J connectivity index is 2.28. The van der Waals surface area contributed by atoms with Crippen LogP contribution in [0.2, 0.25) is 5.02 Å². The summed E-state index contributed by atoms with van der Waals surface area (Å²) in [5, 5.41) is 10.7. The second kappa shape index (κ2) is 6.47. The smallest absolute Gasteiger partial charge is 0.411 e. The summed E-state index contributed by atoms with van der Waals surface area (Å²) in [6.07, 6.45) is 0.585. The number of nitrogens with zero attached hydrogens (tertiary/aromatic N) is 1. The molecule has 1 amide bonds. The van der Waals surface area contributed by atoms with Crippen LogP contribution >= 0.6 is 11.6 Å². The zero-order chi connectivity index (χ0) is 16.5. The predicted octanol–water partition coefficient (Wildman–Crippen LogP) is 4.16. The average Bonchev–Trinajstić information content (AvgIpc) is 2.82. The first kappa shape index (κ1) is 17.1. The van der Waals surface area contributed by atoms with Crippen molar-refractivity contribution in [2.75, 3.05) is 0 Å². The van der Waals surface area contributed by atoms with Gasteiger partial charge >= 0.3 is 6.09 Å². The number of likely N-dealkylation sites (tertiary alicyclic amines) is 1. The summed E-state index contributed by atoms with van der Waals surface area (Å²) in [5.74, 6) is 0. The summed E-state index contributed by atoms with van der Waals surface area (Å²) in [6.45, 7) is 7.24. The minimum Gasteiger partial charge on any atom is -0.444 e. The number of carbonyl (C=O) groups excluding carboxylic acids is 1. The van der Waals surface area contributed by atoms with E-state index in [0.29, 0.717) is 5.02 Å². The van der Waals surface area contributed by atoms with Gasteiger partial charge in [0.2, 0.25) is 0 Å². The third kappa shape index (κ3) is 3.93. The van der Waals surface area contributed by atoms with E-state index in [9.17, 15) is 9.90 Å². The molecule has 0 bridgehead atoms. The molecule has 1 aromatic rings. The molecule has 0 unspecified atom stereocenters. The highest BCUT2D eigenvalue weighted by Crippen LogP contribution is 2.38. The van der Waals surface area contributed by atoms with Gasteiger partial charge in [0.05, 0.1) is 18.2 Å². The first-order valence-electron chi connectivity index (χ1n) is 7.64. The van der Waals surface area contributed by atoms with Crippen molar-refractivity contribution in [1.29, 1.82) is 0 Å². The van der Waals surface area contributed by atoms with Gasteiger partial charge in [-0.2, -0.15) is 0 Å². The van der Waals surface area contributed by atoms with Crippen molar-refractivity contribution in [3.63, 3.8) is 0 Å². The van der Waals surface area contributed by atoms with Gasteiger partial charge in [-0.3, -0.25) is 4.90 Å². The number of hydrogen-bond donors (Lipinski definition) is 1. The van der Waals surface area contributed by atoms with Gasteiger partial charge in [0, 0.05) is 5.02 Å². The van der Waals surface area contributed by atoms with Crippen LogP contribution in [0, 0.1) is 0 Å². The molecule has 5 heteroatoms. The average molecular weight is 326 g/mol. The lowest BCUT2D eigenvalue weighted by Gasteiger charge is -2.34. The molecular formula is C17H24ClNO3. The molecule has 1 saturated heterocycles. The SMILES string of the molecule is C[C@@H](O)[C@H]1CC[C@@H](c2ccc(Cl)cc2)N1C(=O)OC(C)(C)C. The van der Waals surface area contributed by atoms with Crippen molar-refractivity contribution in [2.24, 2.45) is 0 Å². The van der Waals surface area contributed by atoms with Gasteiger partial charge < -0.3 is 9.84 Å². The van der Waals surface area contributed by atoms with Gasteiger partial charge in [0.1, 0.15) is 5.60 Å². The molecule has 0 radical (unpaired) electrons. The minimum absolute atomic E-state index is 0.0910. The first-order valence-corrected chi connectivity index (χ1v) is 8.01. The maximum atomic E-state index is 12.6. The number of aliphatic hydroxyl groups excluding tert-OH is 1. The highest BCUT2D eigenvalue weighted by atomic mass is 35.5. The summed E-state index contributed by atoms with van der Waals surface area (Å²) >= 11 is 5.94. The van der Waals surface area contributed by atoms with E-state index in [2.05, 4.69) is 0 Å². The number of carbonyl (C=O) groups is 1. The normalized spacial score (nSPS) is 23.5. The fourth-order valence-electron chi connectivity index (χ4n) is 2.90. The van der Waals surface area contributed by atoms with Crippen LogP contribution in [0.3, 0.4) is 0 Å². The summed E-state index contributed by atoms with van der Waals surface area (Å²) in [4.78, 5) is 14.3. The number of ether oxygens (including phenoxy) is 1. The molecular weight excluding hydrogens is 302 g/mol. The van der Waals surface area contributed by atoms with Crippen LogP contribution in [-0.2, 0) is 4.74 Å². The fourth-order valence-corrected chi connectivity index (χ4v) is 3.03. The lowest BCUT2D eigenvalue weighted by Crippen LogP contribution is -2.45. The number of benzene rings is 1. The molecule has 1 fully saturated rings. The standard InChI is InChI=1S/C17H24ClNO3/c1-11(20)14-9-10-15(12-5-7-13(18)8-6-12)19(14)16(21)22-17(2,3)4/h5-8,11,14-15,20H,9-10H2,1-4H3/t11-,14-,15+/m1/s1. The third-order valence-electron chi connectivity index (χ3n) is 3.84. The molecule has 0 aromatic heterocycles. The molecule has 3 atom stereocenters. The monoisotopic (exact) mass is 325 g/mol. The molecule has 0 saturated carbocycles. The van der Waals surface area contributed by atoms with E-state index >= 15 is 0 Å². The highest BCUT2D eigenvalue weighted by Gasteiger charge is 2.41. The van der Waals surface area contributed by atoms with Crippen molar-refractivity contribution in [3.05, 3.63) is 34.9 Å². The maximum Gasteiger partial charge on any atom is 0.411 e. The van der Waals surface area contributed by atoms with Crippen molar-refractivity contribution >= 4 is 17.7 Å². The maximum absolute atomic E-state index is 12.6. The second-order valence-electron chi connectivity index (χ2n) is 6.84. The van der Waals surface area contributed by atoms with Gasteiger partial charge in [0.15, 0.2) is 0 Å². The van der Waals surface area contributed by atoms with Crippen LogP contribution in [0.4, 0.5) is 4.79 Å². The summed E-state index contributed by atoms with van der Waals surface area (Å²) in [5.41, 5.74) is 0.450. The van der Waals surface area contributed by atoms with E-state index in [1.165, 1.54) is 0 Å². The van der Waals surface area contributed by atoms with E-state index in [0.717, 1.165) is 18.4 Å². The number of aliphatic hydroxyl groups is 1. The first-order chi connectivity index (χ1) is 10.2. The van der Waals surface area contributed by atoms with Crippen molar-refractivity contribution in [3.8, 4) is 0 Å². The van der Waals surface area contributed by atoms with Crippen LogP contribution in [0.1, 0.15) is 52.1 Å². The van der Waals surface area contributed by atoms with E-state index in [4.69, 9.17) is 16.3 Å². The zero-order valence-electron chi connectivity index (χ0n) is 13.5. The Kier molecular flexibility index (Phi) is 5.03. The predicted molar refractivity (Wildman–Crippen MR) is 87.0 cm³/mol. The van der Waals surface area contributed by atoms with E-state index in [1.54, 1.807) is 11.8 Å². The van der Waals surface area contributed by atoms with E-state index < -0.39 is 11.7 Å². The molecule has 2 rings (SSSR count). The van der Waals surface area contributed by atoms with Crippen LogP contribution in [-0.4, -0.2) is 33.8 Å². The second-order valence-corrected chi connectivity index (χ2v) is 7.28. The van der Waals surface area contributed by atoms with Gasteiger partial charge in [0.25, 0.3) is 0 Å². The number of hydrogen-bond acceptors (Lipinski definition) is 3. The third-order valence-corrected chi connectivity index (χ3v) is 4.10. The van der Waals surface area contributed by atoms with Gasteiger partial charge in [-0.25, -0.2) is 4.79 Å². The molecule has 122 valence electrons. The summed E-state index contributed by atoms with van der Waals surface area (Å²) < 4.78 is 5.53. The molecule has 4 nitrogen and oxygen atoms in total. The van der Waals surface area contributed by atoms with Gasteiger partial charge in [-0.1, -0.05) is 23.7 Å². The van der Waals surface area contributed by atoms with Crippen LogP contribution in [0.25, 0.3) is 0 Å². The van der Waals surface area contributed by atoms with Crippen LogP contribution in [0.5, 0.6) is 0 Å². The molecule has 22 heavy (non-hydrogen) atoms. The Morgan fingerprint density at radius 3 is 2.41 bits per heavy atom. The van der Waals surface area contributed by atoms with Crippen LogP contribution in [0.15, 0.2) is 24.3 Å². The summed E-state index contributed by atoms with van der Waals surface area (Å²) in [6, 6.07) is 7.17. The Morgan fingerprint density at radius 2 is 1.91 bits per heavy atom. The Hall–Kier alpha value is -1.26. The topological polar surface area (TPSA) is 49.8 Å². The van der Waals surface area contributed by atoms with Crippen molar-refractivity contribution in [2.45, 2.75) is 64.3 Å². The van der Waals surface area contributed by atoms with Crippen molar-refractivity contribution in [1.82, 2.24) is 4.90 Å². The number of halogens is 1. The number of rotatable bonds is 2. The molecule has 0 spiro atoms. The summed E-state index contributed by atoms with van der Waals surface area (Å²) in [7, 11) is 0. The van der Waals surface area contributed by atoms with Gasteiger partial charge in [-0.05, 0) is 58.2 Å². The lowest BCUT2D eigenvalue weighted by atomic mass is 10.0. The van der Waals surface area contributed by atoms with Crippen molar-refractivity contribution < 1.29 is 14.6 Å². The molecule has 1 heterocycles. The highest BCUT2D eigenvalue weighted by molar-refractivity contribution is 6.30. The fraction of sp³-hybridized carbons (Fsp3) is 0.588.